The first-order chi connectivity index (χ1) is 8.22. The highest BCUT2D eigenvalue weighted by Gasteiger charge is 2.16. The average Bonchev–Trinajstić information content (AvgIpc) is 3.00. The molecule has 0 aliphatic heterocycles. The third-order valence-corrected chi connectivity index (χ3v) is 3.98. The Balaban J connectivity index is 2.19. The first-order valence-electron chi connectivity index (χ1n) is 5.07. The molecule has 0 aliphatic carbocycles. The minimum atomic E-state index is -0.372. The number of hydrogen-bond donors (Lipinski definition) is 0. The van der Waals surface area contributed by atoms with Crippen molar-refractivity contribution in [1.82, 2.24) is 0 Å². The molecule has 0 aliphatic rings. The molecule has 0 N–H and O–H groups in total. The summed E-state index contributed by atoms with van der Waals surface area (Å²) >= 11 is 2.56. The van der Waals surface area contributed by atoms with Gasteiger partial charge in [0.05, 0.1) is 16.4 Å². The molecule has 0 bridgehead atoms. The third kappa shape index (κ3) is 2.62. The number of carbonyl (C=O) groups excluding carboxylic acids is 2. The van der Waals surface area contributed by atoms with Gasteiger partial charge >= 0.3 is 5.97 Å². The van der Waals surface area contributed by atoms with Crippen LogP contribution in [0.1, 0.15) is 31.1 Å². The molecule has 0 amide bonds. The van der Waals surface area contributed by atoms with Crippen LogP contribution in [0.15, 0.2) is 29.6 Å². The summed E-state index contributed by atoms with van der Waals surface area (Å²) in [5.74, 6) is -0.414. The Morgan fingerprint density at radius 1 is 1.18 bits per heavy atom. The van der Waals surface area contributed by atoms with Crippen LogP contribution in [0, 0.1) is 0 Å². The van der Waals surface area contributed by atoms with Crippen molar-refractivity contribution in [1.29, 1.82) is 0 Å². The second-order valence-electron chi connectivity index (χ2n) is 3.19. The predicted molar refractivity (Wildman–Crippen MR) is 68.0 cm³/mol. The Bertz CT molecular complexity index is 526. The van der Waals surface area contributed by atoms with Gasteiger partial charge in [-0.1, -0.05) is 6.07 Å². The van der Waals surface area contributed by atoms with Crippen molar-refractivity contribution in [2.24, 2.45) is 0 Å². The Morgan fingerprint density at radius 2 is 1.94 bits per heavy atom. The van der Waals surface area contributed by atoms with Crippen molar-refractivity contribution in [3.63, 3.8) is 0 Å². The molecule has 0 radical (unpaired) electrons. The molecule has 2 aromatic rings. The van der Waals surface area contributed by atoms with Gasteiger partial charge in [-0.25, -0.2) is 4.79 Å². The lowest BCUT2D eigenvalue weighted by Crippen LogP contribution is -2.01. The van der Waals surface area contributed by atoms with Gasteiger partial charge in [-0.15, -0.1) is 22.7 Å². The minimum Gasteiger partial charge on any atom is -0.462 e. The van der Waals surface area contributed by atoms with Crippen molar-refractivity contribution < 1.29 is 14.3 Å². The van der Waals surface area contributed by atoms with Crippen molar-refractivity contribution in [3.8, 4) is 0 Å². The molecular formula is C12H10O3S2. The summed E-state index contributed by atoms with van der Waals surface area (Å²) in [6, 6.07) is 6.90. The summed E-state index contributed by atoms with van der Waals surface area (Å²) in [5.41, 5.74) is 0. The lowest BCUT2D eigenvalue weighted by Gasteiger charge is -1.96. The second kappa shape index (κ2) is 5.25. The van der Waals surface area contributed by atoms with Crippen LogP contribution in [-0.2, 0) is 4.74 Å². The molecule has 88 valence electrons. The first kappa shape index (κ1) is 12.0. The number of ketones is 1. The lowest BCUT2D eigenvalue weighted by molar-refractivity contribution is 0.0532. The number of carbonyl (C=O) groups is 2. The minimum absolute atomic E-state index is 0.0412. The summed E-state index contributed by atoms with van der Waals surface area (Å²) in [5, 5.41) is 1.85. The van der Waals surface area contributed by atoms with E-state index in [1.807, 2.05) is 11.4 Å². The van der Waals surface area contributed by atoms with Crippen LogP contribution >= 0.6 is 22.7 Å². The van der Waals surface area contributed by atoms with Crippen LogP contribution in [0.2, 0.25) is 0 Å². The highest BCUT2D eigenvalue weighted by atomic mass is 32.1. The lowest BCUT2D eigenvalue weighted by atomic mass is 10.3. The van der Waals surface area contributed by atoms with Crippen LogP contribution in [-0.4, -0.2) is 18.4 Å². The van der Waals surface area contributed by atoms with E-state index in [1.165, 1.54) is 22.7 Å². The molecule has 2 heterocycles. The topological polar surface area (TPSA) is 43.4 Å². The molecular weight excluding hydrogens is 256 g/mol. The van der Waals surface area contributed by atoms with Crippen LogP contribution in [0.5, 0.6) is 0 Å². The van der Waals surface area contributed by atoms with Gasteiger partial charge in [0.25, 0.3) is 0 Å². The molecule has 0 fully saturated rings. The van der Waals surface area contributed by atoms with E-state index >= 15 is 0 Å². The number of hydrogen-bond acceptors (Lipinski definition) is 5. The molecule has 0 saturated heterocycles. The molecule has 0 unspecified atom stereocenters. The van der Waals surface area contributed by atoms with Crippen molar-refractivity contribution in [2.45, 2.75) is 6.92 Å². The average molecular weight is 266 g/mol. The molecule has 17 heavy (non-hydrogen) atoms. The van der Waals surface area contributed by atoms with E-state index in [9.17, 15) is 9.59 Å². The van der Waals surface area contributed by atoms with Crippen LogP contribution < -0.4 is 0 Å². The normalized spacial score (nSPS) is 10.2. The number of esters is 1. The number of rotatable bonds is 4. The molecule has 5 heteroatoms. The van der Waals surface area contributed by atoms with E-state index in [4.69, 9.17) is 4.74 Å². The van der Waals surface area contributed by atoms with E-state index in [0.717, 1.165) is 0 Å². The standard InChI is InChI=1S/C12H10O3S2/c1-2-15-12(14)10-6-5-9(17-10)11(13)8-4-3-7-16-8/h3-7H,2H2,1H3. The van der Waals surface area contributed by atoms with Gasteiger partial charge < -0.3 is 4.74 Å². The monoisotopic (exact) mass is 266 g/mol. The summed E-state index contributed by atoms with van der Waals surface area (Å²) in [6.07, 6.45) is 0. The highest BCUT2D eigenvalue weighted by Crippen LogP contribution is 2.22. The van der Waals surface area contributed by atoms with Crippen LogP contribution in [0.4, 0.5) is 0 Å². The van der Waals surface area contributed by atoms with Crippen molar-refractivity contribution >= 4 is 34.4 Å². The highest BCUT2D eigenvalue weighted by molar-refractivity contribution is 7.18. The van der Waals surface area contributed by atoms with Crippen molar-refractivity contribution in [2.75, 3.05) is 6.61 Å². The maximum absolute atomic E-state index is 12.0. The Kier molecular flexibility index (Phi) is 3.71. The van der Waals surface area contributed by atoms with E-state index in [-0.39, 0.29) is 11.8 Å². The molecule has 0 atom stereocenters. The summed E-state index contributed by atoms with van der Waals surface area (Å²) in [7, 11) is 0. The summed E-state index contributed by atoms with van der Waals surface area (Å²) in [4.78, 5) is 25.1. The van der Waals surface area contributed by atoms with Gasteiger partial charge in [0.2, 0.25) is 5.78 Å². The SMILES string of the molecule is CCOC(=O)c1ccc(C(=O)c2cccs2)s1. The van der Waals surface area contributed by atoms with E-state index in [0.29, 0.717) is 21.2 Å². The summed E-state index contributed by atoms with van der Waals surface area (Å²) in [6.45, 7) is 2.09. The zero-order valence-corrected chi connectivity index (χ0v) is 10.8. The fraction of sp³-hybridized carbons (Fsp3) is 0.167. The molecule has 0 aromatic carbocycles. The maximum atomic E-state index is 12.0. The number of ether oxygens (including phenoxy) is 1. The molecule has 3 nitrogen and oxygen atoms in total. The zero-order chi connectivity index (χ0) is 12.3. The van der Waals surface area contributed by atoms with E-state index in [1.54, 1.807) is 25.1 Å². The quantitative estimate of drug-likeness (QED) is 0.630. The molecule has 0 saturated carbocycles. The first-order valence-corrected chi connectivity index (χ1v) is 6.77. The fourth-order valence-electron chi connectivity index (χ4n) is 1.30. The van der Waals surface area contributed by atoms with E-state index in [2.05, 4.69) is 0 Å². The Hall–Kier alpha value is -1.46. The Morgan fingerprint density at radius 3 is 2.59 bits per heavy atom. The van der Waals surface area contributed by atoms with Crippen LogP contribution in [0.25, 0.3) is 0 Å². The van der Waals surface area contributed by atoms with Gasteiger partial charge in [-0.3, -0.25) is 4.79 Å². The second-order valence-corrected chi connectivity index (χ2v) is 5.22. The smallest absolute Gasteiger partial charge is 0.348 e. The van der Waals surface area contributed by atoms with Crippen LogP contribution in [0.3, 0.4) is 0 Å². The molecule has 2 rings (SSSR count). The molecule has 0 spiro atoms. The maximum Gasteiger partial charge on any atom is 0.348 e. The molecule has 2 aromatic heterocycles. The predicted octanol–water partition coefficient (Wildman–Crippen LogP) is 3.22. The van der Waals surface area contributed by atoms with Gasteiger partial charge in [0.1, 0.15) is 4.88 Å². The van der Waals surface area contributed by atoms with Gasteiger partial charge in [-0.2, -0.15) is 0 Å². The van der Waals surface area contributed by atoms with Gasteiger partial charge in [0.15, 0.2) is 0 Å². The van der Waals surface area contributed by atoms with E-state index < -0.39 is 0 Å². The fourth-order valence-corrected chi connectivity index (χ4v) is 2.90. The van der Waals surface area contributed by atoms with Gasteiger partial charge in [-0.05, 0) is 30.5 Å². The zero-order valence-electron chi connectivity index (χ0n) is 9.14. The third-order valence-electron chi connectivity index (χ3n) is 2.05. The largest absolute Gasteiger partial charge is 0.462 e. The van der Waals surface area contributed by atoms with Crippen molar-refractivity contribution in [3.05, 3.63) is 44.3 Å². The number of thiophene rings is 2. The Labute approximate surface area is 107 Å². The summed E-state index contributed by atoms with van der Waals surface area (Å²) < 4.78 is 4.87. The van der Waals surface area contributed by atoms with Gasteiger partial charge in [0, 0.05) is 0 Å².